The Morgan fingerprint density at radius 3 is 2.36 bits per heavy atom. The summed E-state index contributed by atoms with van der Waals surface area (Å²) in [5, 5.41) is 3.83. The maximum atomic E-state index is 14.1. The summed E-state index contributed by atoms with van der Waals surface area (Å²) in [7, 11) is -0.478. The maximum Gasteiger partial charge on any atom is 0.494 e. The number of alkyl halides is 3. The van der Waals surface area contributed by atoms with E-state index >= 15 is 0 Å². The van der Waals surface area contributed by atoms with Crippen molar-refractivity contribution < 1.29 is 36.7 Å². The molecule has 230 valence electrons. The van der Waals surface area contributed by atoms with E-state index in [0.717, 1.165) is 22.8 Å². The third-order valence-corrected chi connectivity index (χ3v) is 7.92. The lowest BCUT2D eigenvalue weighted by Gasteiger charge is -2.32. The number of pyridine rings is 1. The maximum absolute atomic E-state index is 14.1. The number of ether oxygens (including phenoxy) is 2. The van der Waals surface area contributed by atoms with Gasteiger partial charge in [0.25, 0.3) is 0 Å². The molecule has 0 N–H and O–H groups in total. The Bertz CT molecular complexity index is 1670. The fourth-order valence-electron chi connectivity index (χ4n) is 4.81. The molecule has 12 heteroatoms. The van der Waals surface area contributed by atoms with Gasteiger partial charge in [-0.05, 0) is 82.4 Å². The monoisotopic (exact) mass is 607 g/mol. The van der Waals surface area contributed by atoms with E-state index in [0.29, 0.717) is 21.7 Å². The van der Waals surface area contributed by atoms with Crippen molar-refractivity contribution in [3.63, 3.8) is 0 Å². The number of halogens is 3. The normalized spacial score (nSPS) is 15.8. The van der Waals surface area contributed by atoms with Gasteiger partial charge in [-0.15, -0.1) is 0 Å². The van der Waals surface area contributed by atoms with Crippen molar-refractivity contribution in [1.29, 1.82) is 0 Å². The molecule has 8 nitrogen and oxygen atoms in total. The third-order valence-electron chi connectivity index (χ3n) is 7.92. The van der Waals surface area contributed by atoms with Crippen molar-refractivity contribution >= 4 is 18.6 Å². The minimum atomic E-state index is -4.88. The molecule has 0 spiro atoms. The predicted octanol–water partition coefficient (Wildman–Crippen LogP) is 6.32. The molecule has 1 fully saturated rings. The van der Waals surface area contributed by atoms with Crippen LogP contribution in [0.2, 0.25) is 0 Å². The number of benzene rings is 2. The topological polar surface area (TPSA) is 84.7 Å². The van der Waals surface area contributed by atoms with Crippen molar-refractivity contribution in [2.75, 3.05) is 6.61 Å². The molecule has 0 radical (unpaired) electrons. The standard InChI is InChI=1S/C32H33BF3N3O5/c1-7-41-29(40)24-18-37-39(28(24)32(34,35)36)27-14-10-12-25(38-27)23-11-8-9-13-26(23)42-19-21-15-16-22(17-20(21)2)33-43-30(3,4)31(5,6)44-33/h8-18H,7,19H2,1-6H3. The summed E-state index contributed by atoms with van der Waals surface area (Å²) in [4.78, 5) is 16.7. The van der Waals surface area contributed by atoms with E-state index in [1.54, 1.807) is 36.4 Å². The average Bonchev–Trinajstić information content (AvgIpc) is 3.51. The first-order chi connectivity index (χ1) is 20.7. The van der Waals surface area contributed by atoms with Gasteiger partial charge in [-0.1, -0.05) is 36.4 Å². The molecule has 0 atom stereocenters. The quantitative estimate of drug-likeness (QED) is 0.171. The summed E-state index contributed by atoms with van der Waals surface area (Å²) in [6.07, 6.45) is -4.04. The largest absolute Gasteiger partial charge is 0.494 e. The number of carbonyl (C=O) groups is 1. The van der Waals surface area contributed by atoms with Crippen molar-refractivity contribution in [2.45, 2.75) is 65.5 Å². The molecular weight excluding hydrogens is 574 g/mol. The van der Waals surface area contributed by atoms with Crippen LogP contribution >= 0.6 is 0 Å². The molecule has 1 aliphatic heterocycles. The smallest absolute Gasteiger partial charge is 0.488 e. The number of para-hydroxylation sites is 1. The first-order valence-corrected chi connectivity index (χ1v) is 14.2. The molecule has 0 bridgehead atoms. The van der Waals surface area contributed by atoms with E-state index in [9.17, 15) is 18.0 Å². The van der Waals surface area contributed by atoms with Gasteiger partial charge in [0.1, 0.15) is 17.9 Å². The summed E-state index contributed by atoms with van der Waals surface area (Å²) in [5.74, 6) is -0.732. The Morgan fingerprint density at radius 1 is 1.00 bits per heavy atom. The second kappa shape index (κ2) is 11.7. The Labute approximate surface area is 254 Å². The summed E-state index contributed by atoms with van der Waals surface area (Å²) in [6, 6.07) is 17.7. The number of aryl methyl sites for hydroxylation is 1. The van der Waals surface area contributed by atoms with Crippen LogP contribution in [0.1, 0.15) is 61.8 Å². The number of hydrogen-bond donors (Lipinski definition) is 0. The molecule has 0 amide bonds. The van der Waals surface area contributed by atoms with Gasteiger partial charge in [-0.3, -0.25) is 0 Å². The summed E-state index contributed by atoms with van der Waals surface area (Å²) in [6.45, 7) is 11.7. The Balaban J connectivity index is 1.39. The number of carbonyl (C=O) groups excluding carboxylic acids is 1. The zero-order chi connectivity index (χ0) is 31.9. The highest BCUT2D eigenvalue weighted by Gasteiger charge is 2.51. The first kappa shape index (κ1) is 31.3. The SMILES string of the molecule is CCOC(=O)c1cnn(-c2cccc(-c3ccccc3OCc3ccc(B4OC(C)(C)C(C)(C)O4)cc3C)n2)c1C(F)(F)F. The number of rotatable bonds is 8. The molecule has 1 saturated heterocycles. The summed E-state index contributed by atoms with van der Waals surface area (Å²) < 4.78 is 66.2. The zero-order valence-corrected chi connectivity index (χ0v) is 25.4. The van der Waals surface area contributed by atoms with Gasteiger partial charge < -0.3 is 18.8 Å². The van der Waals surface area contributed by atoms with Crippen LogP contribution in [-0.2, 0) is 26.8 Å². The number of hydrogen-bond acceptors (Lipinski definition) is 7. The van der Waals surface area contributed by atoms with E-state index in [1.807, 2.05) is 52.8 Å². The molecular formula is C32H33BF3N3O5. The van der Waals surface area contributed by atoms with Gasteiger partial charge in [0.2, 0.25) is 0 Å². The molecule has 0 unspecified atom stereocenters. The van der Waals surface area contributed by atoms with E-state index < -0.39 is 41.7 Å². The highest BCUT2D eigenvalue weighted by molar-refractivity contribution is 6.62. The Kier molecular flexibility index (Phi) is 8.34. The van der Waals surface area contributed by atoms with Crippen LogP contribution in [0, 0.1) is 6.92 Å². The van der Waals surface area contributed by atoms with Crippen LogP contribution in [0.5, 0.6) is 5.75 Å². The van der Waals surface area contributed by atoms with Crippen LogP contribution in [0.4, 0.5) is 13.2 Å². The first-order valence-electron chi connectivity index (χ1n) is 14.2. The minimum Gasteiger partial charge on any atom is -0.488 e. The van der Waals surface area contributed by atoms with E-state index in [1.165, 1.54) is 13.0 Å². The molecule has 0 saturated carbocycles. The fraction of sp³-hybridized carbons (Fsp3) is 0.344. The van der Waals surface area contributed by atoms with Crippen LogP contribution in [0.15, 0.2) is 66.9 Å². The van der Waals surface area contributed by atoms with E-state index in [4.69, 9.17) is 18.8 Å². The van der Waals surface area contributed by atoms with Crippen LogP contribution in [0.3, 0.4) is 0 Å². The molecule has 2 aromatic heterocycles. The number of aromatic nitrogens is 3. The lowest BCUT2D eigenvalue weighted by atomic mass is 9.78. The van der Waals surface area contributed by atoms with Gasteiger partial charge in [0.15, 0.2) is 11.5 Å². The van der Waals surface area contributed by atoms with E-state index in [-0.39, 0.29) is 19.0 Å². The third kappa shape index (κ3) is 6.09. The number of nitrogens with zero attached hydrogens (tertiary/aromatic N) is 3. The average molecular weight is 607 g/mol. The second-order valence-electron chi connectivity index (χ2n) is 11.5. The number of esters is 1. The molecule has 1 aliphatic rings. The van der Waals surface area contributed by atoms with Crippen molar-refractivity contribution in [3.05, 3.63) is 89.2 Å². The minimum absolute atomic E-state index is 0.0739. The predicted molar refractivity (Wildman–Crippen MR) is 159 cm³/mol. The summed E-state index contributed by atoms with van der Waals surface area (Å²) in [5.41, 5.74) is 0.952. The van der Waals surface area contributed by atoms with Crippen LogP contribution in [0.25, 0.3) is 17.1 Å². The molecule has 2 aromatic carbocycles. The van der Waals surface area contributed by atoms with E-state index in [2.05, 4.69) is 10.1 Å². The molecule has 44 heavy (non-hydrogen) atoms. The van der Waals surface area contributed by atoms with Gasteiger partial charge >= 0.3 is 19.3 Å². The van der Waals surface area contributed by atoms with Gasteiger partial charge in [0.05, 0.1) is 29.7 Å². The molecule has 4 aromatic rings. The second-order valence-corrected chi connectivity index (χ2v) is 11.5. The molecule has 5 rings (SSSR count). The van der Waals surface area contributed by atoms with Crippen molar-refractivity contribution in [3.8, 4) is 22.8 Å². The Morgan fingerprint density at radius 2 is 1.70 bits per heavy atom. The Hall–Kier alpha value is -4.16. The lowest BCUT2D eigenvalue weighted by Crippen LogP contribution is -2.41. The van der Waals surface area contributed by atoms with Gasteiger partial charge in [-0.2, -0.15) is 18.3 Å². The van der Waals surface area contributed by atoms with Crippen LogP contribution in [-0.4, -0.2) is 45.7 Å². The molecule has 3 heterocycles. The zero-order valence-electron chi connectivity index (χ0n) is 25.4. The highest BCUT2D eigenvalue weighted by atomic mass is 19.4. The van der Waals surface area contributed by atoms with Gasteiger partial charge in [-0.25, -0.2) is 14.5 Å². The summed E-state index contributed by atoms with van der Waals surface area (Å²) >= 11 is 0. The fourth-order valence-corrected chi connectivity index (χ4v) is 4.81. The van der Waals surface area contributed by atoms with Crippen molar-refractivity contribution in [2.24, 2.45) is 0 Å². The van der Waals surface area contributed by atoms with Crippen molar-refractivity contribution in [1.82, 2.24) is 14.8 Å². The highest BCUT2D eigenvalue weighted by Crippen LogP contribution is 2.37. The van der Waals surface area contributed by atoms with Crippen LogP contribution < -0.4 is 10.2 Å². The lowest BCUT2D eigenvalue weighted by molar-refractivity contribution is -0.143. The molecule has 0 aliphatic carbocycles. The van der Waals surface area contributed by atoms with Gasteiger partial charge in [0, 0.05) is 5.56 Å².